The minimum Gasteiger partial charge on any atom is -0.440 e. The monoisotopic (exact) mass is 139 g/mol. The summed E-state index contributed by atoms with van der Waals surface area (Å²) in [6.07, 6.45) is 2.67. The van der Waals surface area contributed by atoms with E-state index in [-0.39, 0.29) is 18.2 Å². The molecule has 2 atom stereocenters. The van der Waals surface area contributed by atoms with E-state index in [0.717, 1.165) is 6.42 Å². The summed E-state index contributed by atoms with van der Waals surface area (Å²) in [5.41, 5.74) is 1.30. The maximum Gasteiger partial charge on any atom is 0.408 e. The van der Waals surface area contributed by atoms with Crippen LogP contribution in [0.15, 0.2) is 11.6 Å². The van der Waals surface area contributed by atoms with Gasteiger partial charge < -0.3 is 10.1 Å². The first-order chi connectivity index (χ1) is 4.75. The quantitative estimate of drug-likeness (QED) is 0.504. The lowest BCUT2D eigenvalue weighted by molar-refractivity contribution is 0.155. The van der Waals surface area contributed by atoms with E-state index in [2.05, 4.69) is 5.32 Å². The number of carbonyl (C=O) groups excluding carboxylic acids is 1. The Morgan fingerprint density at radius 1 is 1.80 bits per heavy atom. The fourth-order valence-electron chi connectivity index (χ4n) is 1.49. The molecule has 10 heavy (non-hydrogen) atoms. The Balaban J connectivity index is 2.17. The van der Waals surface area contributed by atoms with E-state index in [0.29, 0.717) is 0 Å². The Morgan fingerprint density at radius 2 is 2.60 bits per heavy atom. The number of hydrogen-bond acceptors (Lipinski definition) is 2. The topological polar surface area (TPSA) is 38.3 Å². The van der Waals surface area contributed by atoms with Gasteiger partial charge >= 0.3 is 6.09 Å². The molecule has 0 radical (unpaired) electrons. The summed E-state index contributed by atoms with van der Waals surface area (Å²) in [5.74, 6) is 0. The Hall–Kier alpha value is -0.990. The molecule has 0 aromatic carbocycles. The molecule has 0 aromatic rings. The highest BCUT2D eigenvalue weighted by molar-refractivity contribution is 5.71. The first kappa shape index (κ1) is 5.77. The van der Waals surface area contributed by atoms with Gasteiger partial charge in [-0.2, -0.15) is 0 Å². The number of amides is 1. The number of nitrogens with one attached hydrogen (secondary N) is 1. The second-order valence-electron chi connectivity index (χ2n) is 2.84. The highest BCUT2D eigenvalue weighted by Gasteiger charge is 2.36. The van der Waals surface area contributed by atoms with Gasteiger partial charge in [0.1, 0.15) is 6.10 Å². The maximum absolute atomic E-state index is 10.6. The van der Waals surface area contributed by atoms with Gasteiger partial charge in [-0.3, -0.25) is 0 Å². The van der Waals surface area contributed by atoms with E-state index in [1.54, 1.807) is 0 Å². The van der Waals surface area contributed by atoms with Crippen molar-refractivity contribution in [1.29, 1.82) is 0 Å². The smallest absolute Gasteiger partial charge is 0.408 e. The van der Waals surface area contributed by atoms with Gasteiger partial charge in [-0.15, -0.1) is 0 Å². The van der Waals surface area contributed by atoms with Gasteiger partial charge in [-0.25, -0.2) is 4.79 Å². The van der Waals surface area contributed by atoms with Crippen LogP contribution in [0.4, 0.5) is 4.79 Å². The fraction of sp³-hybridized carbons (Fsp3) is 0.571. The minimum absolute atomic E-state index is 0.00694. The summed E-state index contributed by atoms with van der Waals surface area (Å²) >= 11 is 0. The summed E-state index contributed by atoms with van der Waals surface area (Å²) in [6, 6.07) is 0.215. The van der Waals surface area contributed by atoms with Gasteiger partial charge in [0.2, 0.25) is 0 Å². The molecule has 1 heterocycles. The molecule has 1 N–H and O–H groups in total. The summed E-state index contributed by atoms with van der Waals surface area (Å²) < 4.78 is 4.93. The third-order valence-electron chi connectivity index (χ3n) is 1.93. The molecule has 1 aliphatic heterocycles. The lowest BCUT2D eigenvalue weighted by atomic mass is 10.2. The van der Waals surface area contributed by atoms with Crippen molar-refractivity contribution in [2.45, 2.75) is 25.5 Å². The fourth-order valence-corrected chi connectivity index (χ4v) is 1.49. The van der Waals surface area contributed by atoms with Gasteiger partial charge in [-0.1, -0.05) is 5.57 Å². The van der Waals surface area contributed by atoms with E-state index in [1.807, 2.05) is 13.0 Å². The van der Waals surface area contributed by atoms with Crippen molar-refractivity contribution in [3.8, 4) is 0 Å². The number of ether oxygens (including phenoxy) is 1. The highest BCUT2D eigenvalue weighted by Crippen LogP contribution is 2.24. The van der Waals surface area contributed by atoms with E-state index < -0.39 is 0 Å². The largest absolute Gasteiger partial charge is 0.440 e. The van der Waals surface area contributed by atoms with Crippen LogP contribution in [0.3, 0.4) is 0 Å². The van der Waals surface area contributed by atoms with Crippen molar-refractivity contribution in [2.24, 2.45) is 0 Å². The van der Waals surface area contributed by atoms with Crippen LogP contribution in [0.5, 0.6) is 0 Å². The molecular formula is C7H9NO2. The zero-order chi connectivity index (χ0) is 7.14. The Morgan fingerprint density at radius 3 is 3.30 bits per heavy atom. The average Bonchev–Trinajstić information content (AvgIpc) is 2.21. The van der Waals surface area contributed by atoms with E-state index in [1.165, 1.54) is 5.57 Å². The first-order valence-electron chi connectivity index (χ1n) is 3.40. The Kier molecular flexibility index (Phi) is 1.01. The third kappa shape index (κ3) is 0.701. The Bertz CT molecular complexity index is 210. The van der Waals surface area contributed by atoms with Crippen LogP contribution in [-0.4, -0.2) is 18.2 Å². The predicted molar refractivity (Wildman–Crippen MR) is 35.6 cm³/mol. The lowest BCUT2D eigenvalue weighted by Gasteiger charge is -2.02. The van der Waals surface area contributed by atoms with Gasteiger partial charge in [0.15, 0.2) is 0 Å². The summed E-state index contributed by atoms with van der Waals surface area (Å²) in [6.45, 7) is 2.05. The molecule has 1 aliphatic carbocycles. The van der Waals surface area contributed by atoms with Gasteiger partial charge in [0.05, 0.1) is 6.04 Å². The van der Waals surface area contributed by atoms with E-state index >= 15 is 0 Å². The van der Waals surface area contributed by atoms with Crippen molar-refractivity contribution >= 4 is 6.09 Å². The lowest BCUT2D eigenvalue weighted by Crippen LogP contribution is -2.27. The highest BCUT2D eigenvalue weighted by atomic mass is 16.6. The van der Waals surface area contributed by atoms with E-state index in [4.69, 9.17) is 4.74 Å². The molecule has 1 amide bonds. The molecule has 0 saturated carbocycles. The van der Waals surface area contributed by atoms with Crippen molar-refractivity contribution in [2.75, 3.05) is 0 Å². The number of alkyl carbamates (subject to hydrolysis) is 1. The third-order valence-corrected chi connectivity index (χ3v) is 1.93. The molecule has 54 valence electrons. The number of rotatable bonds is 0. The maximum atomic E-state index is 10.6. The molecule has 0 aromatic heterocycles. The second kappa shape index (κ2) is 1.75. The molecule has 1 fully saturated rings. The normalized spacial score (nSPS) is 36.5. The molecule has 3 nitrogen and oxygen atoms in total. The van der Waals surface area contributed by atoms with E-state index in [9.17, 15) is 4.79 Å². The molecule has 0 spiro atoms. The van der Waals surface area contributed by atoms with Crippen LogP contribution in [0.2, 0.25) is 0 Å². The van der Waals surface area contributed by atoms with Gasteiger partial charge in [-0.05, 0) is 19.4 Å². The van der Waals surface area contributed by atoms with Crippen LogP contribution in [0.1, 0.15) is 13.3 Å². The van der Waals surface area contributed by atoms with Gasteiger partial charge in [0, 0.05) is 0 Å². The van der Waals surface area contributed by atoms with Crippen LogP contribution in [0, 0.1) is 0 Å². The molecule has 2 rings (SSSR count). The average molecular weight is 139 g/mol. The minimum atomic E-state index is -0.279. The zero-order valence-corrected chi connectivity index (χ0v) is 5.76. The number of hydrogen-bond donors (Lipinski definition) is 1. The predicted octanol–water partition coefficient (Wildman–Crippen LogP) is 0.813. The van der Waals surface area contributed by atoms with Crippen molar-refractivity contribution < 1.29 is 9.53 Å². The SMILES string of the molecule is CC1=CC2OC(=O)NC2C1. The van der Waals surface area contributed by atoms with Crippen LogP contribution < -0.4 is 5.32 Å². The zero-order valence-electron chi connectivity index (χ0n) is 5.76. The first-order valence-corrected chi connectivity index (χ1v) is 3.40. The molecular weight excluding hydrogens is 130 g/mol. The van der Waals surface area contributed by atoms with Crippen molar-refractivity contribution in [3.05, 3.63) is 11.6 Å². The molecule has 3 heteroatoms. The Labute approximate surface area is 59.1 Å². The summed E-state index contributed by atoms with van der Waals surface area (Å²) in [5, 5.41) is 2.73. The number of carbonyl (C=O) groups is 1. The molecule has 2 aliphatic rings. The van der Waals surface area contributed by atoms with Crippen molar-refractivity contribution in [1.82, 2.24) is 5.32 Å². The molecule has 0 bridgehead atoms. The van der Waals surface area contributed by atoms with Crippen LogP contribution in [-0.2, 0) is 4.74 Å². The molecule has 2 unspecified atom stereocenters. The summed E-state index contributed by atoms with van der Waals surface area (Å²) in [4.78, 5) is 10.6. The van der Waals surface area contributed by atoms with Crippen molar-refractivity contribution in [3.63, 3.8) is 0 Å². The van der Waals surface area contributed by atoms with Crippen LogP contribution in [0.25, 0.3) is 0 Å². The standard InChI is InChI=1S/C7H9NO2/c1-4-2-5-6(3-4)10-7(9)8-5/h3,5-6H,2H2,1H3,(H,8,9). The van der Waals surface area contributed by atoms with Gasteiger partial charge in [0.25, 0.3) is 0 Å². The van der Waals surface area contributed by atoms with Crippen LogP contribution >= 0.6 is 0 Å². The molecule has 1 saturated heterocycles. The number of fused-ring (bicyclic) bond motifs is 1. The second-order valence-corrected chi connectivity index (χ2v) is 2.84. The summed E-state index contributed by atoms with van der Waals surface area (Å²) in [7, 11) is 0.